The molecule has 1 aliphatic heterocycles. The van der Waals surface area contributed by atoms with E-state index in [2.05, 4.69) is 32.8 Å². The van der Waals surface area contributed by atoms with Gasteiger partial charge in [0.25, 0.3) is 0 Å². The van der Waals surface area contributed by atoms with E-state index in [1.807, 2.05) is 0 Å². The van der Waals surface area contributed by atoms with E-state index in [1.54, 1.807) is 0 Å². The lowest BCUT2D eigenvalue weighted by Gasteiger charge is -2.26. The summed E-state index contributed by atoms with van der Waals surface area (Å²) in [4.78, 5) is 2.46. The average Bonchev–Trinajstić information content (AvgIpc) is 2.19. The minimum Gasteiger partial charge on any atom is -0.379 e. The van der Waals surface area contributed by atoms with Gasteiger partial charge in [-0.1, -0.05) is 22.6 Å². The zero-order chi connectivity index (χ0) is 9.36. The first-order valence-corrected chi connectivity index (χ1v) is 6.53. The number of nitrogens with one attached hydrogen (secondary N) is 1. The van der Waals surface area contributed by atoms with Crippen LogP contribution in [0.2, 0.25) is 0 Å². The first-order valence-electron chi connectivity index (χ1n) is 5.00. The van der Waals surface area contributed by atoms with Crippen molar-refractivity contribution in [1.82, 2.24) is 10.2 Å². The molecule has 0 atom stereocenters. The molecule has 0 aliphatic carbocycles. The summed E-state index contributed by atoms with van der Waals surface area (Å²) in [5.74, 6) is 0. The summed E-state index contributed by atoms with van der Waals surface area (Å²) >= 11 is 2.42. The van der Waals surface area contributed by atoms with Crippen molar-refractivity contribution in [3.63, 3.8) is 0 Å². The predicted octanol–water partition coefficient (Wildman–Crippen LogP) is 0.733. The molecule has 0 aromatic rings. The van der Waals surface area contributed by atoms with Crippen molar-refractivity contribution in [2.24, 2.45) is 0 Å². The Hall–Kier alpha value is 0.610. The second kappa shape index (κ2) is 7.96. The Balaban J connectivity index is 1.86. The quantitative estimate of drug-likeness (QED) is 0.444. The monoisotopic (exact) mass is 298 g/mol. The van der Waals surface area contributed by atoms with Crippen LogP contribution >= 0.6 is 22.6 Å². The molecule has 1 saturated heterocycles. The largest absolute Gasteiger partial charge is 0.379 e. The van der Waals surface area contributed by atoms with E-state index in [1.165, 1.54) is 17.4 Å². The van der Waals surface area contributed by atoms with Crippen LogP contribution in [0.3, 0.4) is 0 Å². The van der Waals surface area contributed by atoms with Crippen LogP contribution in [0.1, 0.15) is 6.42 Å². The van der Waals surface area contributed by atoms with Gasteiger partial charge >= 0.3 is 0 Å². The van der Waals surface area contributed by atoms with Gasteiger partial charge in [-0.25, -0.2) is 0 Å². The third kappa shape index (κ3) is 5.83. The molecule has 0 saturated carbocycles. The third-order valence-electron chi connectivity index (χ3n) is 2.20. The number of halogens is 1. The van der Waals surface area contributed by atoms with Crippen molar-refractivity contribution in [3.05, 3.63) is 0 Å². The van der Waals surface area contributed by atoms with Gasteiger partial charge in [-0.05, 0) is 13.0 Å². The molecular weight excluding hydrogens is 279 g/mol. The molecule has 1 rings (SSSR count). The van der Waals surface area contributed by atoms with Crippen molar-refractivity contribution < 1.29 is 4.74 Å². The molecule has 0 spiro atoms. The van der Waals surface area contributed by atoms with Crippen LogP contribution in [0.15, 0.2) is 0 Å². The first-order chi connectivity index (χ1) is 6.43. The van der Waals surface area contributed by atoms with Gasteiger partial charge < -0.3 is 10.1 Å². The summed E-state index contributed by atoms with van der Waals surface area (Å²) in [7, 11) is 0. The average molecular weight is 298 g/mol. The lowest BCUT2D eigenvalue weighted by atomic mass is 10.4. The Morgan fingerprint density at radius 1 is 1.23 bits per heavy atom. The van der Waals surface area contributed by atoms with Gasteiger partial charge in [0.2, 0.25) is 0 Å². The van der Waals surface area contributed by atoms with E-state index < -0.39 is 0 Å². The molecule has 0 radical (unpaired) electrons. The molecule has 1 N–H and O–H groups in total. The zero-order valence-electron chi connectivity index (χ0n) is 8.10. The van der Waals surface area contributed by atoms with Crippen LogP contribution in [0, 0.1) is 0 Å². The van der Waals surface area contributed by atoms with Crippen LogP contribution in [0.5, 0.6) is 0 Å². The first kappa shape index (κ1) is 11.7. The Kier molecular flexibility index (Phi) is 7.16. The van der Waals surface area contributed by atoms with E-state index >= 15 is 0 Å². The molecule has 78 valence electrons. The van der Waals surface area contributed by atoms with Crippen LogP contribution in [0.25, 0.3) is 0 Å². The number of rotatable bonds is 6. The van der Waals surface area contributed by atoms with E-state index in [0.717, 1.165) is 39.4 Å². The molecule has 1 aliphatic rings. The number of hydrogen-bond donors (Lipinski definition) is 1. The molecule has 1 heterocycles. The normalized spacial score (nSPS) is 19.2. The summed E-state index contributed by atoms with van der Waals surface area (Å²) in [6, 6.07) is 0. The number of alkyl halides is 1. The van der Waals surface area contributed by atoms with Gasteiger partial charge in [-0.15, -0.1) is 0 Å². The fourth-order valence-corrected chi connectivity index (χ4v) is 1.76. The van der Waals surface area contributed by atoms with Crippen molar-refractivity contribution in [2.45, 2.75) is 6.42 Å². The van der Waals surface area contributed by atoms with Crippen LogP contribution in [-0.4, -0.2) is 55.3 Å². The molecule has 0 amide bonds. The standard InChI is InChI=1S/C9H19IN2O/c10-2-1-3-11-4-5-12-6-8-13-9-7-12/h11H,1-9H2. The third-order valence-corrected chi connectivity index (χ3v) is 2.96. The molecule has 4 heteroatoms. The van der Waals surface area contributed by atoms with Crippen molar-refractivity contribution in [3.8, 4) is 0 Å². The second-order valence-electron chi connectivity index (χ2n) is 3.25. The summed E-state index contributed by atoms with van der Waals surface area (Å²) in [5, 5.41) is 3.45. The Morgan fingerprint density at radius 2 is 2.00 bits per heavy atom. The maximum atomic E-state index is 5.28. The lowest BCUT2D eigenvalue weighted by Crippen LogP contribution is -2.40. The number of ether oxygens (including phenoxy) is 1. The fraction of sp³-hybridized carbons (Fsp3) is 1.00. The van der Waals surface area contributed by atoms with Crippen molar-refractivity contribution >= 4 is 22.6 Å². The highest BCUT2D eigenvalue weighted by Gasteiger charge is 2.08. The van der Waals surface area contributed by atoms with Gasteiger partial charge in [0.15, 0.2) is 0 Å². The van der Waals surface area contributed by atoms with Gasteiger partial charge in [0, 0.05) is 30.6 Å². The van der Waals surface area contributed by atoms with Crippen molar-refractivity contribution in [1.29, 1.82) is 0 Å². The van der Waals surface area contributed by atoms with Gasteiger partial charge in [-0.3, -0.25) is 4.90 Å². The highest BCUT2D eigenvalue weighted by molar-refractivity contribution is 14.1. The van der Waals surface area contributed by atoms with Crippen LogP contribution < -0.4 is 5.32 Å². The Bertz CT molecular complexity index is 118. The van der Waals surface area contributed by atoms with E-state index in [4.69, 9.17) is 4.74 Å². The lowest BCUT2D eigenvalue weighted by molar-refractivity contribution is 0.0384. The van der Waals surface area contributed by atoms with Crippen molar-refractivity contribution in [2.75, 3.05) is 50.4 Å². The van der Waals surface area contributed by atoms with Gasteiger partial charge in [-0.2, -0.15) is 0 Å². The number of nitrogens with zero attached hydrogens (tertiary/aromatic N) is 1. The highest BCUT2D eigenvalue weighted by atomic mass is 127. The zero-order valence-corrected chi connectivity index (χ0v) is 10.3. The van der Waals surface area contributed by atoms with E-state index in [0.29, 0.717) is 0 Å². The van der Waals surface area contributed by atoms with Gasteiger partial charge in [0.05, 0.1) is 13.2 Å². The highest BCUT2D eigenvalue weighted by Crippen LogP contribution is 1.94. The number of morpholine rings is 1. The van der Waals surface area contributed by atoms with E-state index in [9.17, 15) is 0 Å². The minimum atomic E-state index is 0.910. The predicted molar refractivity (Wildman–Crippen MR) is 63.6 cm³/mol. The molecular formula is C9H19IN2O. The molecule has 13 heavy (non-hydrogen) atoms. The second-order valence-corrected chi connectivity index (χ2v) is 4.33. The molecule has 1 fully saturated rings. The van der Waals surface area contributed by atoms with Crippen LogP contribution in [-0.2, 0) is 4.74 Å². The SMILES string of the molecule is ICCCNCCN1CCOCC1. The smallest absolute Gasteiger partial charge is 0.0594 e. The minimum absolute atomic E-state index is 0.910. The molecule has 3 nitrogen and oxygen atoms in total. The maximum absolute atomic E-state index is 5.28. The Morgan fingerprint density at radius 3 is 2.69 bits per heavy atom. The number of hydrogen-bond acceptors (Lipinski definition) is 3. The summed E-state index contributed by atoms with van der Waals surface area (Å²) in [6.07, 6.45) is 1.28. The maximum Gasteiger partial charge on any atom is 0.0594 e. The summed E-state index contributed by atoms with van der Waals surface area (Å²) in [6.45, 7) is 7.48. The fourth-order valence-electron chi connectivity index (χ4n) is 1.38. The Labute approximate surface area is 94.3 Å². The topological polar surface area (TPSA) is 24.5 Å². The molecule has 0 unspecified atom stereocenters. The molecule has 0 bridgehead atoms. The molecule has 0 aromatic heterocycles. The summed E-state index contributed by atoms with van der Waals surface area (Å²) in [5.41, 5.74) is 0. The van der Waals surface area contributed by atoms with Gasteiger partial charge in [0.1, 0.15) is 0 Å². The summed E-state index contributed by atoms with van der Waals surface area (Å²) < 4.78 is 6.53. The van der Waals surface area contributed by atoms with Crippen LogP contribution in [0.4, 0.5) is 0 Å². The molecule has 0 aromatic carbocycles. The van der Waals surface area contributed by atoms with E-state index in [-0.39, 0.29) is 0 Å².